The molecule has 3 saturated heterocycles. The van der Waals surface area contributed by atoms with Crippen molar-refractivity contribution < 1.29 is 9.53 Å². The standard InChI is InChI=1S/C25H30N6O2/c32-25(21-16-20(28-29-21)17-6-2-1-3-7-17)30-13-10-18(11-14-30)31-23-19(8-4-12-26-23)27-24(31)22-9-5-15-33-22/h1-4,6-8,12,18,20-22,28-29H,5,9-11,13-16H2. The van der Waals surface area contributed by atoms with Crippen molar-refractivity contribution in [1.82, 2.24) is 30.3 Å². The maximum atomic E-state index is 13.2. The lowest BCUT2D eigenvalue weighted by Gasteiger charge is -2.35. The van der Waals surface area contributed by atoms with Gasteiger partial charge in [0, 0.05) is 38.0 Å². The summed E-state index contributed by atoms with van der Waals surface area (Å²) in [5.74, 6) is 1.19. The Morgan fingerprint density at radius 2 is 1.88 bits per heavy atom. The maximum absolute atomic E-state index is 13.2. The number of benzene rings is 1. The molecule has 0 aliphatic carbocycles. The minimum Gasteiger partial charge on any atom is -0.370 e. The summed E-state index contributed by atoms with van der Waals surface area (Å²) in [5.41, 5.74) is 9.59. The first-order chi connectivity index (χ1) is 16.3. The summed E-state index contributed by atoms with van der Waals surface area (Å²) < 4.78 is 8.28. The molecule has 3 unspecified atom stereocenters. The van der Waals surface area contributed by atoms with Gasteiger partial charge >= 0.3 is 0 Å². The topological polar surface area (TPSA) is 84.3 Å². The molecule has 3 fully saturated rings. The van der Waals surface area contributed by atoms with E-state index in [1.807, 2.05) is 41.4 Å². The van der Waals surface area contributed by atoms with Crippen molar-refractivity contribution in [1.29, 1.82) is 0 Å². The number of carbonyl (C=O) groups is 1. The van der Waals surface area contributed by atoms with E-state index in [4.69, 9.17) is 9.72 Å². The van der Waals surface area contributed by atoms with Crippen LogP contribution in [0.5, 0.6) is 0 Å². The number of fused-ring (bicyclic) bond motifs is 1. The first-order valence-corrected chi connectivity index (χ1v) is 12.1. The molecular weight excluding hydrogens is 416 g/mol. The van der Waals surface area contributed by atoms with Gasteiger partial charge in [-0.2, -0.15) is 0 Å². The highest BCUT2D eigenvalue weighted by atomic mass is 16.5. The van der Waals surface area contributed by atoms with Crippen LogP contribution in [0.1, 0.15) is 61.7 Å². The van der Waals surface area contributed by atoms with Gasteiger partial charge in [-0.05, 0) is 49.8 Å². The zero-order valence-electron chi connectivity index (χ0n) is 18.7. The summed E-state index contributed by atoms with van der Waals surface area (Å²) >= 11 is 0. The number of nitrogens with zero attached hydrogens (tertiary/aromatic N) is 4. The van der Waals surface area contributed by atoms with Crippen LogP contribution in [-0.4, -0.2) is 51.1 Å². The minimum absolute atomic E-state index is 0.0440. The SMILES string of the molecule is O=C(C1CC(c2ccccc2)NN1)N1CCC(n2c(C3CCCO3)nc3cccnc32)CC1. The van der Waals surface area contributed by atoms with Crippen LogP contribution < -0.4 is 10.9 Å². The van der Waals surface area contributed by atoms with Gasteiger partial charge in [0.1, 0.15) is 23.5 Å². The van der Waals surface area contributed by atoms with Crippen LogP contribution >= 0.6 is 0 Å². The smallest absolute Gasteiger partial charge is 0.241 e. The molecule has 172 valence electrons. The molecule has 1 aromatic carbocycles. The highest BCUT2D eigenvalue weighted by molar-refractivity contribution is 5.82. The molecule has 0 radical (unpaired) electrons. The maximum Gasteiger partial charge on any atom is 0.241 e. The number of hydrogen-bond acceptors (Lipinski definition) is 6. The molecule has 2 N–H and O–H groups in total. The average molecular weight is 447 g/mol. The van der Waals surface area contributed by atoms with Crippen molar-refractivity contribution in [2.45, 2.75) is 56.3 Å². The zero-order chi connectivity index (χ0) is 22.2. The van der Waals surface area contributed by atoms with Crippen molar-refractivity contribution >= 4 is 17.1 Å². The quantitative estimate of drug-likeness (QED) is 0.641. The van der Waals surface area contributed by atoms with Gasteiger partial charge in [0.25, 0.3) is 0 Å². The summed E-state index contributed by atoms with van der Waals surface area (Å²) in [6, 6.07) is 14.5. The Bertz CT molecular complexity index is 1120. The number of amides is 1. The largest absolute Gasteiger partial charge is 0.370 e. The van der Waals surface area contributed by atoms with Gasteiger partial charge in [0.15, 0.2) is 5.65 Å². The molecule has 0 spiro atoms. The number of piperidine rings is 1. The number of ether oxygens (including phenoxy) is 1. The van der Waals surface area contributed by atoms with Crippen LogP contribution in [0.25, 0.3) is 11.2 Å². The monoisotopic (exact) mass is 446 g/mol. The number of hydrazine groups is 1. The van der Waals surface area contributed by atoms with Crippen molar-refractivity contribution in [2.24, 2.45) is 0 Å². The lowest BCUT2D eigenvalue weighted by Crippen LogP contribution is -2.48. The van der Waals surface area contributed by atoms with Crippen LogP contribution in [-0.2, 0) is 9.53 Å². The van der Waals surface area contributed by atoms with Crippen molar-refractivity contribution in [3.8, 4) is 0 Å². The number of aromatic nitrogens is 3. The molecule has 0 saturated carbocycles. The summed E-state index contributed by atoms with van der Waals surface area (Å²) in [7, 11) is 0. The van der Waals surface area contributed by atoms with Crippen LogP contribution in [0.4, 0.5) is 0 Å². The fourth-order valence-corrected chi connectivity index (χ4v) is 5.50. The van der Waals surface area contributed by atoms with E-state index in [1.165, 1.54) is 5.56 Å². The lowest BCUT2D eigenvalue weighted by atomic mass is 9.99. The molecule has 2 aromatic heterocycles. The Labute approximate surface area is 193 Å². The summed E-state index contributed by atoms with van der Waals surface area (Å²) in [6.45, 7) is 2.28. The van der Waals surface area contributed by atoms with Gasteiger partial charge in [-0.3, -0.25) is 4.79 Å². The Morgan fingerprint density at radius 1 is 1.03 bits per heavy atom. The molecule has 3 aliphatic heterocycles. The summed E-state index contributed by atoms with van der Waals surface area (Å²) in [6.07, 6.45) is 6.51. The predicted octanol–water partition coefficient (Wildman–Crippen LogP) is 3.05. The van der Waals surface area contributed by atoms with Gasteiger partial charge in [-0.15, -0.1) is 0 Å². The van der Waals surface area contributed by atoms with Crippen molar-refractivity contribution in [2.75, 3.05) is 19.7 Å². The molecule has 1 amide bonds. The Hall–Kier alpha value is -2.81. The molecular formula is C25H30N6O2. The van der Waals surface area contributed by atoms with E-state index >= 15 is 0 Å². The van der Waals surface area contributed by atoms with Crippen LogP contribution in [0.2, 0.25) is 0 Å². The molecule has 0 bridgehead atoms. The molecule has 5 heterocycles. The van der Waals surface area contributed by atoms with Crippen LogP contribution in [0.15, 0.2) is 48.7 Å². The summed E-state index contributed by atoms with van der Waals surface area (Å²) in [5, 5.41) is 0. The van der Waals surface area contributed by atoms with E-state index in [1.54, 1.807) is 0 Å². The number of carbonyl (C=O) groups excluding carboxylic acids is 1. The van der Waals surface area contributed by atoms with Crippen molar-refractivity contribution in [3.63, 3.8) is 0 Å². The van der Waals surface area contributed by atoms with E-state index in [0.29, 0.717) is 0 Å². The molecule has 3 aliphatic rings. The zero-order valence-corrected chi connectivity index (χ0v) is 18.7. The summed E-state index contributed by atoms with van der Waals surface area (Å²) in [4.78, 5) is 24.8. The van der Waals surface area contributed by atoms with Gasteiger partial charge in [0.05, 0.1) is 0 Å². The van der Waals surface area contributed by atoms with E-state index in [0.717, 1.165) is 68.8 Å². The van der Waals surface area contributed by atoms with Gasteiger partial charge in [-0.1, -0.05) is 30.3 Å². The first-order valence-electron chi connectivity index (χ1n) is 12.1. The number of hydrogen-bond donors (Lipinski definition) is 2. The fraction of sp³-hybridized carbons (Fsp3) is 0.480. The van der Waals surface area contributed by atoms with E-state index in [-0.39, 0.29) is 30.1 Å². The van der Waals surface area contributed by atoms with E-state index in [2.05, 4.69) is 32.5 Å². The Balaban J connectivity index is 1.15. The molecule has 6 rings (SSSR count). The van der Waals surface area contributed by atoms with Gasteiger partial charge < -0.3 is 14.2 Å². The molecule has 3 atom stereocenters. The second-order valence-electron chi connectivity index (χ2n) is 9.28. The number of rotatable bonds is 4. The Morgan fingerprint density at radius 3 is 2.67 bits per heavy atom. The number of likely N-dealkylation sites (tertiary alicyclic amines) is 1. The minimum atomic E-state index is -0.190. The van der Waals surface area contributed by atoms with Crippen molar-refractivity contribution in [3.05, 3.63) is 60.0 Å². The highest BCUT2D eigenvalue weighted by Gasteiger charge is 2.36. The van der Waals surface area contributed by atoms with Gasteiger partial charge in [0.2, 0.25) is 5.91 Å². The third-order valence-corrected chi connectivity index (χ3v) is 7.24. The average Bonchev–Trinajstić information content (AvgIpc) is 3.64. The predicted molar refractivity (Wildman–Crippen MR) is 124 cm³/mol. The molecule has 33 heavy (non-hydrogen) atoms. The van der Waals surface area contributed by atoms with Crippen LogP contribution in [0.3, 0.4) is 0 Å². The third kappa shape index (κ3) is 3.92. The second kappa shape index (κ2) is 8.85. The molecule has 8 nitrogen and oxygen atoms in total. The first kappa shape index (κ1) is 20.8. The Kier molecular flexibility index (Phi) is 5.57. The van der Waals surface area contributed by atoms with E-state index in [9.17, 15) is 4.79 Å². The van der Waals surface area contributed by atoms with E-state index < -0.39 is 0 Å². The van der Waals surface area contributed by atoms with Crippen LogP contribution in [0, 0.1) is 0 Å². The second-order valence-corrected chi connectivity index (χ2v) is 9.28. The fourth-order valence-electron chi connectivity index (χ4n) is 5.50. The number of nitrogens with one attached hydrogen (secondary N) is 2. The number of pyridine rings is 1. The van der Waals surface area contributed by atoms with Gasteiger partial charge in [-0.25, -0.2) is 20.8 Å². The third-order valence-electron chi connectivity index (χ3n) is 7.24. The normalized spacial score (nSPS) is 26.3. The highest BCUT2D eigenvalue weighted by Crippen LogP contribution is 2.35. The lowest BCUT2D eigenvalue weighted by molar-refractivity contribution is -0.134. The molecule has 8 heteroatoms. The number of imidazole rings is 1. The molecule has 3 aromatic rings.